The molecule has 2 heteroatoms. The Kier molecular flexibility index (Phi) is 5.75. The van der Waals surface area contributed by atoms with E-state index >= 15 is 0 Å². The third-order valence-corrected chi connectivity index (χ3v) is 8.33. The van der Waals surface area contributed by atoms with Gasteiger partial charge in [0.15, 0.2) is 0 Å². The van der Waals surface area contributed by atoms with Gasteiger partial charge in [-0.3, -0.25) is 0 Å². The summed E-state index contributed by atoms with van der Waals surface area (Å²) in [5.74, 6) is 0.696. The van der Waals surface area contributed by atoms with E-state index in [1.807, 2.05) is 6.08 Å². The molecule has 2 unspecified atom stereocenters. The largest absolute Gasteiger partial charge is 0.478 e. The fraction of sp³-hybridized carbons (Fsp3) is 0.720. The zero-order chi connectivity index (χ0) is 19.7. The minimum atomic E-state index is -0.833. The molecule has 3 rings (SSSR count). The molecule has 0 spiro atoms. The molecule has 2 fully saturated rings. The van der Waals surface area contributed by atoms with Gasteiger partial charge in [0.2, 0.25) is 0 Å². The Morgan fingerprint density at radius 1 is 1.30 bits per heavy atom. The summed E-state index contributed by atoms with van der Waals surface area (Å²) in [6.45, 7) is 11.6. The molecule has 2 nitrogen and oxygen atoms in total. The molecule has 150 valence electrons. The molecule has 0 heterocycles. The number of allylic oxidation sites excluding steroid dienone is 4. The van der Waals surface area contributed by atoms with Crippen LogP contribution in [0, 0.1) is 28.1 Å². The van der Waals surface area contributed by atoms with Crippen molar-refractivity contribution < 1.29 is 9.90 Å². The van der Waals surface area contributed by atoms with Gasteiger partial charge >= 0.3 is 5.97 Å². The summed E-state index contributed by atoms with van der Waals surface area (Å²) < 4.78 is 0. The molecule has 5 atom stereocenters. The van der Waals surface area contributed by atoms with Gasteiger partial charge in [-0.25, -0.2) is 4.79 Å². The van der Waals surface area contributed by atoms with Gasteiger partial charge in [0, 0.05) is 6.08 Å². The maximum absolute atomic E-state index is 10.7. The van der Waals surface area contributed by atoms with E-state index < -0.39 is 5.97 Å². The Bertz CT molecular complexity index is 645. The number of hydrogen-bond acceptors (Lipinski definition) is 1. The standard InChI is InChI=1S/C25H38O2/c1-5-23(2)17-13-20-19(18-23)11-12-21-24(3,15-9-16-25(20,21)4)14-8-6-7-10-22(26)27/h5,7,10,13,19,21H,1,6,8-9,11-12,14-18H2,2-4H3,(H,26,27)/b10-7+/t19?,21?,23-,24+,25-/m0/s1. The summed E-state index contributed by atoms with van der Waals surface area (Å²) in [5, 5.41) is 8.77. The lowest BCUT2D eigenvalue weighted by Gasteiger charge is -2.59. The van der Waals surface area contributed by atoms with Crippen LogP contribution in [0.15, 0.2) is 36.5 Å². The molecule has 0 aromatic carbocycles. The minimum Gasteiger partial charge on any atom is -0.478 e. The number of carboxylic acid groups (broad SMARTS) is 1. The molecule has 1 N–H and O–H groups in total. The van der Waals surface area contributed by atoms with Crippen LogP contribution in [0.5, 0.6) is 0 Å². The molecular weight excluding hydrogens is 332 g/mol. The van der Waals surface area contributed by atoms with Gasteiger partial charge in [0.25, 0.3) is 0 Å². The van der Waals surface area contributed by atoms with E-state index in [1.54, 1.807) is 5.57 Å². The van der Waals surface area contributed by atoms with Crippen molar-refractivity contribution in [3.8, 4) is 0 Å². The van der Waals surface area contributed by atoms with Gasteiger partial charge in [0.1, 0.15) is 0 Å². The molecule has 0 bridgehead atoms. The topological polar surface area (TPSA) is 37.3 Å². The number of fused-ring (bicyclic) bond motifs is 3. The summed E-state index contributed by atoms with van der Waals surface area (Å²) in [4.78, 5) is 10.7. The molecular formula is C25H38O2. The summed E-state index contributed by atoms with van der Waals surface area (Å²) >= 11 is 0. The normalized spacial score (nSPS) is 41.5. The zero-order valence-corrected chi connectivity index (χ0v) is 17.6. The third kappa shape index (κ3) is 3.96. The minimum absolute atomic E-state index is 0.284. The smallest absolute Gasteiger partial charge is 0.327 e. The summed E-state index contributed by atoms with van der Waals surface area (Å²) in [5.41, 5.74) is 2.82. The van der Waals surface area contributed by atoms with E-state index in [4.69, 9.17) is 5.11 Å². The quantitative estimate of drug-likeness (QED) is 0.312. The van der Waals surface area contributed by atoms with Crippen LogP contribution in [0.1, 0.15) is 85.0 Å². The first-order valence-electron chi connectivity index (χ1n) is 11.0. The maximum atomic E-state index is 10.7. The number of hydrogen-bond donors (Lipinski definition) is 1. The molecule has 3 aliphatic rings. The van der Waals surface area contributed by atoms with Crippen LogP contribution in [0.2, 0.25) is 0 Å². The zero-order valence-electron chi connectivity index (χ0n) is 17.6. The van der Waals surface area contributed by atoms with Crippen molar-refractivity contribution >= 4 is 5.97 Å². The van der Waals surface area contributed by atoms with E-state index in [9.17, 15) is 4.79 Å². The van der Waals surface area contributed by atoms with Gasteiger partial charge in [-0.2, -0.15) is 0 Å². The van der Waals surface area contributed by atoms with E-state index in [-0.39, 0.29) is 5.41 Å². The third-order valence-electron chi connectivity index (χ3n) is 8.33. The van der Waals surface area contributed by atoms with Crippen LogP contribution in [0.3, 0.4) is 0 Å². The molecule has 0 aliphatic heterocycles. The predicted octanol–water partition coefficient (Wildman–Crippen LogP) is 6.93. The Morgan fingerprint density at radius 3 is 2.78 bits per heavy atom. The molecule has 0 aromatic heterocycles. The first-order valence-corrected chi connectivity index (χ1v) is 11.0. The Hall–Kier alpha value is -1.31. The number of carboxylic acids is 1. The van der Waals surface area contributed by atoms with E-state index in [0.717, 1.165) is 31.1 Å². The summed E-state index contributed by atoms with van der Waals surface area (Å²) in [7, 11) is 0. The SMILES string of the molecule is C=C[C@@]1(C)CC=C2C(CCC3[C@](C)(CCC/C=C/C(=O)O)CCC[C@@]23C)C1. The average Bonchev–Trinajstić information content (AvgIpc) is 2.60. The van der Waals surface area contributed by atoms with E-state index in [1.165, 1.54) is 51.0 Å². The van der Waals surface area contributed by atoms with Crippen molar-refractivity contribution in [1.82, 2.24) is 0 Å². The van der Waals surface area contributed by atoms with Crippen molar-refractivity contribution in [1.29, 1.82) is 0 Å². The second-order valence-corrected chi connectivity index (χ2v) is 10.3. The van der Waals surface area contributed by atoms with Crippen molar-refractivity contribution in [2.75, 3.05) is 0 Å². The molecule has 0 amide bonds. The van der Waals surface area contributed by atoms with E-state index in [2.05, 4.69) is 39.5 Å². The molecule has 27 heavy (non-hydrogen) atoms. The lowest BCUT2D eigenvalue weighted by molar-refractivity contribution is -0.131. The van der Waals surface area contributed by atoms with Crippen LogP contribution in [0.25, 0.3) is 0 Å². The highest BCUT2D eigenvalue weighted by Gasteiger charge is 2.54. The second kappa shape index (κ2) is 7.60. The van der Waals surface area contributed by atoms with Crippen LogP contribution >= 0.6 is 0 Å². The number of aliphatic carboxylic acids is 1. The fourth-order valence-electron chi connectivity index (χ4n) is 6.85. The first-order chi connectivity index (χ1) is 12.7. The van der Waals surface area contributed by atoms with Gasteiger partial charge < -0.3 is 5.11 Å². The monoisotopic (exact) mass is 370 g/mol. The molecule has 0 radical (unpaired) electrons. The molecule has 3 aliphatic carbocycles. The van der Waals surface area contributed by atoms with Gasteiger partial charge in [-0.1, -0.05) is 51.0 Å². The lowest BCUT2D eigenvalue weighted by Crippen LogP contribution is -2.50. The first kappa shape index (κ1) is 20.4. The van der Waals surface area contributed by atoms with Gasteiger partial charge in [0.05, 0.1) is 0 Å². The van der Waals surface area contributed by atoms with Crippen molar-refractivity contribution in [3.63, 3.8) is 0 Å². The van der Waals surface area contributed by atoms with Gasteiger partial charge in [-0.15, -0.1) is 6.58 Å². The lowest BCUT2D eigenvalue weighted by atomic mass is 9.45. The van der Waals surface area contributed by atoms with Gasteiger partial charge in [-0.05, 0) is 85.9 Å². The van der Waals surface area contributed by atoms with Crippen molar-refractivity contribution in [2.45, 2.75) is 85.0 Å². The molecule has 0 aromatic rings. The highest BCUT2D eigenvalue weighted by Crippen LogP contribution is 2.64. The molecule has 2 saturated carbocycles. The highest BCUT2D eigenvalue weighted by molar-refractivity contribution is 5.79. The Morgan fingerprint density at radius 2 is 2.07 bits per heavy atom. The Balaban J connectivity index is 1.75. The number of carbonyl (C=O) groups is 1. The van der Waals surface area contributed by atoms with E-state index in [0.29, 0.717) is 10.8 Å². The fourth-order valence-corrected chi connectivity index (χ4v) is 6.85. The second-order valence-electron chi connectivity index (χ2n) is 10.3. The average molecular weight is 371 g/mol. The summed E-state index contributed by atoms with van der Waals surface area (Å²) in [6, 6.07) is 0. The van der Waals surface area contributed by atoms with Crippen molar-refractivity contribution in [3.05, 3.63) is 36.5 Å². The van der Waals surface area contributed by atoms with Crippen molar-refractivity contribution in [2.24, 2.45) is 28.1 Å². The van der Waals surface area contributed by atoms with Crippen LogP contribution in [-0.2, 0) is 4.79 Å². The van der Waals surface area contributed by atoms with Crippen LogP contribution < -0.4 is 0 Å². The van der Waals surface area contributed by atoms with Crippen LogP contribution in [-0.4, -0.2) is 11.1 Å². The predicted molar refractivity (Wildman–Crippen MR) is 113 cm³/mol. The number of unbranched alkanes of at least 4 members (excludes halogenated alkanes) is 1. The van der Waals surface area contributed by atoms with Crippen LogP contribution in [0.4, 0.5) is 0 Å². The summed E-state index contributed by atoms with van der Waals surface area (Å²) in [6.07, 6.45) is 20.2. The number of rotatable bonds is 6. The Labute approximate surface area is 165 Å². The highest BCUT2D eigenvalue weighted by atomic mass is 16.4. The maximum Gasteiger partial charge on any atom is 0.327 e. The molecule has 0 saturated heterocycles.